The van der Waals surface area contributed by atoms with Crippen LogP contribution in [0.25, 0.3) is 0 Å². The van der Waals surface area contributed by atoms with Crippen LogP contribution in [0.5, 0.6) is 0 Å². The number of nitrogens with one attached hydrogen (secondary N) is 1. The molecular weight excluding hydrogens is 160 g/mol. The molecule has 0 rings (SSSR count). The summed E-state index contributed by atoms with van der Waals surface area (Å²) in [6, 6.07) is 0.351. The fourth-order valence-electron chi connectivity index (χ4n) is 1.14. The van der Waals surface area contributed by atoms with E-state index in [2.05, 4.69) is 33.0 Å². The van der Waals surface area contributed by atoms with Gasteiger partial charge in [-0.25, -0.2) is 0 Å². The molecule has 0 aliphatic carbocycles. The van der Waals surface area contributed by atoms with Crippen molar-refractivity contribution in [3.05, 3.63) is 0 Å². The van der Waals surface area contributed by atoms with Crippen molar-refractivity contribution in [1.29, 1.82) is 0 Å². The van der Waals surface area contributed by atoms with Crippen LogP contribution >= 0.6 is 0 Å². The Morgan fingerprint density at radius 3 is 2.31 bits per heavy atom. The van der Waals surface area contributed by atoms with Crippen LogP contribution in [-0.2, 0) is 0 Å². The molecule has 0 aromatic rings. The SMILES string of the molecule is CC(N)CCCNCCC(C)(C)C. The van der Waals surface area contributed by atoms with Crippen LogP contribution in [0.2, 0.25) is 0 Å². The number of hydrogen-bond acceptors (Lipinski definition) is 2. The van der Waals surface area contributed by atoms with Gasteiger partial charge in [0.1, 0.15) is 0 Å². The molecule has 0 spiro atoms. The predicted molar refractivity (Wildman–Crippen MR) is 59.8 cm³/mol. The fraction of sp³-hybridized carbons (Fsp3) is 1.00. The molecule has 13 heavy (non-hydrogen) atoms. The molecule has 1 atom stereocenters. The van der Waals surface area contributed by atoms with Crippen LogP contribution in [0.15, 0.2) is 0 Å². The minimum atomic E-state index is 0.351. The van der Waals surface area contributed by atoms with Crippen LogP contribution in [0, 0.1) is 5.41 Å². The van der Waals surface area contributed by atoms with E-state index in [9.17, 15) is 0 Å². The Hall–Kier alpha value is -0.0800. The van der Waals surface area contributed by atoms with Crippen molar-refractivity contribution in [1.82, 2.24) is 5.32 Å². The lowest BCUT2D eigenvalue weighted by molar-refractivity contribution is 0.365. The molecular formula is C11H26N2. The van der Waals surface area contributed by atoms with Crippen LogP contribution in [-0.4, -0.2) is 19.1 Å². The molecule has 0 amide bonds. The van der Waals surface area contributed by atoms with Crippen molar-refractivity contribution in [2.24, 2.45) is 11.1 Å². The lowest BCUT2D eigenvalue weighted by atomic mass is 9.92. The van der Waals surface area contributed by atoms with E-state index in [1.165, 1.54) is 12.8 Å². The first-order valence-corrected chi connectivity index (χ1v) is 5.38. The third-order valence-corrected chi connectivity index (χ3v) is 2.06. The Morgan fingerprint density at radius 2 is 1.85 bits per heavy atom. The molecule has 2 nitrogen and oxygen atoms in total. The lowest BCUT2D eigenvalue weighted by Crippen LogP contribution is -2.23. The molecule has 2 heteroatoms. The Morgan fingerprint density at radius 1 is 1.23 bits per heavy atom. The number of hydrogen-bond donors (Lipinski definition) is 2. The van der Waals surface area contributed by atoms with E-state index in [0.29, 0.717) is 11.5 Å². The topological polar surface area (TPSA) is 38.0 Å². The molecule has 0 saturated heterocycles. The molecule has 0 radical (unpaired) electrons. The summed E-state index contributed by atoms with van der Waals surface area (Å²) >= 11 is 0. The molecule has 0 saturated carbocycles. The van der Waals surface area contributed by atoms with Gasteiger partial charge in [-0.3, -0.25) is 0 Å². The summed E-state index contributed by atoms with van der Waals surface area (Å²) in [7, 11) is 0. The molecule has 0 aromatic heterocycles. The summed E-state index contributed by atoms with van der Waals surface area (Å²) in [5, 5.41) is 3.44. The highest BCUT2D eigenvalue weighted by atomic mass is 14.8. The van der Waals surface area contributed by atoms with Crippen LogP contribution in [0.1, 0.15) is 47.0 Å². The predicted octanol–water partition coefficient (Wildman–Crippen LogP) is 2.14. The standard InChI is InChI=1S/C11H26N2/c1-10(12)6-5-8-13-9-7-11(2,3)4/h10,13H,5-9,12H2,1-4H3. The molecule has 0 heterocycles. The summed E-state index contributed by atoms with van der Waals surface area (Å²) in [6.45, 7) is 11.1. The van der Waals surface area contributed by atoms with Gasteiger partial charge in [0.2, 0.25) is 0 Å². The quantitative estimate of drug-likeness (QED) is 0.624. The lowest BCUT2D eigenvalue weighted by Gasteiger charge is -2.18. The Labute approximate surface area is 83.3 Å². The van der Waals surface area contributed by atoms with Gasteiger partial charge in [0.05, 0.1) is 0 Å². The second-order valence-corrected chi connectivity index (χ2v) is 5.18. The van der Waals surface area contributed by atoms with Gasteiger partial charge in [-0.1, -0.05) is 20.8 Å². The van der Waals surface area contributed by atoms with E-state index in [1.807, 2.05) is 0 Å². The highest BCUT2D eigenvalue weighted by molar-refractivity contribution is 4.63. The summed E-state index contributed by atoms with van der Waals surface area (Å²) in [5.41, 5.74) is 6.10. The van der Waals surface area contributed by atoms with Crippen LogP contribution in [0.3, 0.4) is 0 Å². The molecule has 3 N–H and O–H groups in total. The zero-order valence-electron chi connectivity index (χ0n) is 9.69. The average Bonchev–Trinajstić information content (AvgIpc) is 1.93. The summed E-state index contributed by atoms with van der Waals surface area (Å²) in [4.78, 5) is 0. The second-order valence-electron chi connectivity index (χ2n) is 5.18. The first-order valence-electron chi connectivity index (χ1n) is 5.38. The molecule has 0 aliphatic heterocycles. The van der Waals surface area contributed by atoms with Crippen LogP contribution in [0.4, 0.5) is 0 Å². The summed E-state index contributed by atoms with van der Waals surface area (Å²) in [6.07, 6.45) is 3.56. The Kier molecular flexibility index (Phi) is 6.35. The van der Waals surface area contributed by atoms with Gasteiger partial charge in [0.15, 0.2) is 0 Å². The largest absolute Gasteiger partial charge is 0.328 e. The van der Waals surface area contributed by atoms with Crippen molar-refractivity contribution in [2.45, 2.75) is 53.0 Å². The first kappa shape index (κ1) is 12.9. The molecule has 80 valence electrons. The van der Waals surface area contributed by atoms with E-state index in [-0.39, 0.29) is 0 Å². The van der Waals surface area contributed by atoms with E-state index in [0.717, 1.165) is 19.5 Å². The monoisotopic (exact) mass is 186 g/mol. The van der Waals surface area contributed by atoms with Gasteiger partial charge in [-0.05, 0) is 44.7 Å². The van der Waals surface area contributed by atoms with Gasteiger partial charge in [-0.15, -0.1) is 0 Å². The number of rotatable bonds is 6. The molecule has 0 bridgehead atoms. The maximum absolute atomic E-state index is 5.65. The maximum atomic E-state index is 5.65. The third kappa shape index (κ3) is 11.9. The maximum Gasteiger partial charge on any atom is 0.00109 e. The van der Waals surface area contributed by atoms with Crippen molar-refractivity contribution in [3.8, 4) is 0 Å². The van der Waals surface area contributed by atoms with Crippen molar-refractivity contribution < 1.29 is 0 Å². The van der Waals surface area contributed by atoms with Gasteiger partial charge >= 0.3 is 0 Å². The Balaban J connectivity index is 3.09. The third-order valence-electron chi connectivity index (χ3n) is 2.06. The van der Waals surface area contributed by atoms with E-state index >= 15 is 0 Å². The Bertz CT molecular complexity index is 114. The van der Waals surface area contributed by atoms with Gasteiger partial charge in [0, 0.05) is 6.04 Å². The molecule has 1 unspecified atom stereocenters. The number of nitrogens with two attached hydrogens (primary N) is 1. The first-order chi connectivity index (χ1) is 5.92. The van der Waals surface area contributed by atoms with E-state index in [4.69, 9.17) is 5.73 Å². The zero-order valence-corrected chi connectivity index (χ0v) is 9.69. The van der Waals surface area contributed by atoms with E-state index < -0.39 is 0 Å². The van der Waals surface area contributed by atoms with Crippen molar-refractivity contribution in [2.75, 3.05) is 13.1 Å². The fourth-order valence-corrected chi connectivity index (χ4v) is 1.14. The molecule has 0 fully saturated rings. The highest BCUT2D eigenvalue weighted by Gasteiger charge is 2.08. The summed E-state index contributed by atoms with van der Waals surface area (Å²) in [5.74, 6) is 0. The van der Waals surface area contributed by atoms with E-state index in [1.54, 1.807) is 0 Å². The van der Waals surface area contributed by atoms with Crippen molar-refractivity contribution >= 4 is 0 Å². The van der Waals surface area contributed by atoms with Gasteiger partial charge < -0.3 is 11.1 Å². The minimum absolute atomic E-state index is 0.351. The average molecular weight is 186 g/mol. The highest BCUT2D eigenvalue weighted by Crippen LogP contribution is 2.16. The van der Waals surface area contributed by atoms with Crippen molar-refractivity contribution in [3.63, 3.8) is 0 Å². The van der Waals surface area contributed by atoms with Gasteiger partial charge in [-0.2, -0.15) is 0 Å². The van der Waals surface area contributed by atoms with Crippen LogP contribution < -0.4 is 11.1 Å². The smallest absolute Gasteiger partial charge is 0.00109 e. The molecule has 0 aliphatic rings. The zero-order chi connectivity index (χ0) is 10.3. The molecule has 0 aromatic carbocycles. The second kappa shape index (κ2) is 6.39. The van der Waals surface area contributed by atoms with Gasteiger partial charge in [0.25, 0.3) is 0 Å². The normalized spacial score (nSPS) is 14.5. The minimum Gasteiger partial charge on any atom is -0.328 e. The summed E-state index contributed by atoms with van der Waals surface area (Å²) < 4.78 is 0.